The van der Waals surface area contributed by atoms with E-state index in [4.69, 9.17) is 5.41 Å². The summed E-state index contributed by atoms with van der Waals surface area (Å²) >= 11 is 1.10. The van der Waals surface area contributed by atoms with Gasteiger partial charge < -0.3 is 5.41 Å². The standard InChI is InChI=1S/C21H17F4N3O2S2/c1-32(29,30)28-14-6-4-5-13(11-14)18-9-10-19(31-18)17(12-20(26)21(23,24)25)27-16-8-3-2-7-15(16)22/h2-11,26,28H,12H2,1H3. The van der Waals surface area contributed by atoms with Crippen LogP contribution in [0, 0.1) is 11.2 Å². The molecule has 0 aliphatic heterocycles. The Bertz CT molecular complexity index is 1280. The van der Waals surface area contributed by atoms with Crippen LogP contribution in [-0.2, 0) is 10.0 Å². The lowest BCUT2D eigenvalue weighted by molar-refractivity contribution is -0.0605. The lowest BCUT2D eigenvalue weighted by atomic mass is 10.1. The van der Waals surface area contributed by atoms with Crippen molar-refractivity contribution < 1.29 is 26.0 Å². The van der Waals surface area contributed by atoms with E-state index in [2.05, 4.69) is 9.71 Å². The molecule has 0 unspecified atom stereocenters. The lowest BCUT2D eigenvalue weighted by Gasteiger charge is -2.10. The Morgan fingerprint density at radius 3 is 2.47 bits per heavy atom. The zero-order valence-corrected chi connectivity index (χ0v) is 18.2. The summed E-state index contributed by atoms with van der Waals surface area (Å²) in [5.74, 6) is -0.695. The van der Waals surface area contributed by atoms with Crippen molar-refractivity contribution >= 4 is 44.2 Å². The van der Waals surface area contributed by atoms with E-state index in [9.17, 15) is 26.0 Å². The van der Waals surface area contributed by atoms with Crippen molar-refractivity contribution in [3.63, 3.8) is 0 Å². The minimum atomic E-state index is -4.83. The second-order valence-corrected chi connectivity index (χ2v) is 9.61. The molecule has 0 saturated heterocycles. The molecule has 2 aromatic carbocycles. The summed E-state index contributed by atoms with van der Waals surface area (Å²) in [7, 11) is -3.48. The Kier molecular flexibility index (Phi) is 6.79. The van der Waals surface area contributed by atoms with Crippen LogP contribution in [0.1, 0.15) is 11.3 Å². The molecule has 0 amide bonds. The van der Waals surface area contributed by atoms with Crippen LogP contribution in [0.25, 0.3) is 10.4 Å². The van der Waals surface area contributed by atoms with E-state index in [-0.39, 0.29) is 11.4 Å². The third-order valence-corrected chi connectivity index (χ3v) is 5.92. The van der Waals surface area contributed by atoms with Gasteiger partial charge in [0.05, 0.1) is 17.7 Å². The number of nitrogens with zero attached hydrogens (tertiary/aromatic N) is 1. The second-order valence-electron chi connectivity index (χ2n) is 6.78. The average Bonchev–Trinajstić information content (AvgIpc) is 3.17. The third-order valence-electron chi connectivity index (χ3n) is 4.14. The quantitative estimate of drug-likeness (QED) is 0.318. The van der Waals surface area contributed by atoms with E-state index < -0.39 is 34.1 Å². The number of para-hydroxylation sites is 1. The molecule has 11 heteroatoms. The number of alkyl halides is 3. The first-order valence-corrected chi connectivity index (χ1v) is 11.8. The Balaban J connectivity index is 2.00. The predicted molar refractivity (Wildman–Crippen MR) is 119 cm³/mol. The van der Waals surface area contributed by atoms with Gasteiger partial charge in [-0.15, -0.1) is 11.3 Å². The highest BCUT2D eigenvalue weighted by Gasteiger charge is 2.35. The Hall–Kier alpha value is -3.05. The molecule has 0 fully saturated rings. The summed E-state index contributed by atoms with van der Waals surface area (Å²) in [6.07, 6.45) is -4.64. The summed E-state index contributed by atoms with van der Waals surface area (Å²) in [5.41, 5.74) is -0.766. The van der Waals surface area contributed by atoms with Crippen LogP contribution in [0.15, 0.2) is 65.7 Å². The normalized spacial score (nSPS) is 12.6. The van der Waals surface area contributed by atoms with Gasteiger partial charge in [0.1, 0.15) is 11.5 Å². The van der Waals surface area contributed by atoms with Gasteiger partial charge in [0, 0.05) is 21.9 Å². The Morgan fingerprint density at radius 2 is 1.81 bits per heavy atom. The minimum absolute atomic E-state index is 0.0981. The number of hydrogen-bond acceptors (Lipinski definition) is 5. The molecule has 1 heterocycles. The van der Waals surface area contributed by atoms with Gasteiger partial charge in [0.2, 0.25) is 10.0 Å². The molecule has 2 N–H and O–H groups in total. The van der Waals surface area contributed by atoms with E-state index in [1.807, 2.05) is 0 Å². The summed E-state index contributed by atoms with van der Waals surface area (Å²) in [5, 5.41) is 7.36. The highest BCUT2D eigenvalue weighted by molar-refractivity contribution is 7.92. The molecule has 0 radical (unpaired) electrons. The second kappa shape index (κ2) is 9.21. The predicted octanol–water partition coefficient (Wildman–Crippen LogP) is 6.02. The maximum atomic E-state index is 14.1. The van der Waals surface area contributed by atoms with E-state index in [1.54, 1.807) is 36.4 Å². The van der Waals surface area contributed by atoms with Crippen LogP contribution in [-0.4, -0.2) is 32.3 Å². The van der Waals surface area contributed by atoms with Crippen LogP contribution in [0.2, 0.25) is 0 Å². The van der Waals surface area contributed by atoms with Crippen molar-refractivity contribution in [2.45, 2.75) is 12.6 Å². The molecule has 0 spiro atoms. The summed E-state index contributed by atoms with van der Waals surface area (Å²) in [4.78, 5) is 5.04. The van der Waals surface area contributed by atoms with Crippen molar-refractivity contribution in [1.82, 2.24) is 0 Å². The Morgan fingerprint density at radius 1 is 1.09 bits per heavy atom. The van der Waals surface area contributed by atoms with E-state index in [1.165, 1.54) is 18.2 Å². The highest BCUT2D eigenvalue weighted by atomic mass is 32.2. The molecule has 0 atom stereocenters. The summed E-state index contributed by atoms with van der Waals surface area (Å²) in [6.45, 7) is 0. The van der Waals surface area contributed by atoms with Gasteiger partial charge >= 0.3 is 6.18 Å². The van der Waals surface area contributed by atoms with Crippen LogP contribution in [0.5, 0.6) is 0 Å². The SMILES string of the molecule is CS(=O)(=O)Nc1cccc(-c2ccc(C(CC(=N)C(F)(F)F)=Nc3ccccc3F)s2)c1. The molecule has 3 rings (SSSR count). The third kappa shape index (κ3) is 6.24. The number of thiophene rings is 1. The van der Waals surface area contributed by atoms with Crippen molar-refractivity contribution in [3.05, 3.63) is 71.4 Å². The molecule has 0 bridgehead atoms. The first-order chi connectivity index (χ1) is 14.9. The average molecular weight is 484 g/mol. The molecular weight excluding hydrogens is 466 g/mol. The number of sulfonamides is 1. The molecule has 0 aliphatic carbocycles. The molecule has 5 nitrogen and oxygen atoms in total. The summed E-state index contributed by atoms with van der Waals surface area (Å²) in [6, 6.07) is 15.1. The summed E-state index contributed by atoms with van der Waals surface area (Å²) < 4.78 is 78.3. The van der Waals surface area contributed by atoms with Gasteiger partial charge in [-0.3, -0.25) is 4.72 Å². The fourth-order valence-corrected chi connectivity index (χ4v) is 4.28. The fraction of sp³-hybridized carbons (Fsp3) is 0.143. The molecule has 168 valence electrons. The molecule has 32 heavy (non-hydrogen) atoms. The molecular formula is C21H17F4N3O2S2. The van der Waals surface area contributed by atoms with Crippen molar-refractivity contribution in [1.29, 1.82) is 5.41 Å². The topological polar surface area (TPSA) is 82.4 Å². The van der Waals surface area contributed by atoms with E-state index >= 15 is 0 Å². The number of benzene rings is 2. The van der Waals surface area contributed by atoms with Crippen LogP contribution in [0.3, 0.4) is 0 Å². The molecule has 3 aromatic rings. The van der Waals surface area contributed by atoms with Crippen molar-refractivity contribution in [2.24, 2.45) is 4.99 Å². The first kappa shape index (κ1) is 23.6. The largest absolute Gasteiger partial charge is 0.429 e. The molecule has 0 saturated carbocycles. The zero-order valence-electron chi connectivity index (χ0n) is 16.6. The minimum Gasteiger partial charge on any atom is -0.300 e. The lowest BCUT2D eigenvalue weighted by Crippen LogP contribution is -2.24. The maximum absolute atomic E-state index is 14.1. The number of rotatable bonds is 7. The first-order valence-electron chi connectivity index (χ1n) is 9.07. The maximum Gasteiger partial charge on any atom is 0.429 e. The van der Waals surface area contributed by atoms with E-state index in [0.717, 1.165) is 23.7 Å². The van der Waals surface area contributed by atoms with Crippen LogP contribution >= 0.6 is 11.3 Å². The number of hydrogen-bond donors (Lipinski definition) is 2. The van der Waals surface area contributed by atoms with Crippen LogP contribution < -0.4 is 4.72 Å². The zero-order chi connectivity index (χ0) is 23.5. The number of aliphatic imine (C=N–C) groups is 1. The number of anilines is 1. The number of halogens is 4. The highest BCUT2D eigenvalue weighted by Crippen LogP contribution is 2.32. The van der Waals surface area contributed by atoms with Crippen LogP contribution in [0.4, 0.5) is 28.9 Å². The smallest absolute Gasteiger partial charge is 0.300 e. The molecule has 1 aromatic heterocycles. The van der Waals surface area contributed by atoms with Gasteiger partial charge in [-0.1, -0.05) is 24.3 Å². The fourth-order valence-electron chi connectivity index (χ4n) is 2.74. The molecule has 0 aliphatic rings. The monoisotopic (exact) mass is 483 g/mol. The van der Waals surface area contributed by atoms with Crippen molar-refractivity contribution in [2.75, 3.05) is 11.0 Å². The van der Waals surface area contributed by atoms with Gasteiger partial charge in [-0.2, -0.15) is 13.2 Å². The van der Waals surface area contributed by atoms with Gasteiger partial charge in [-0.25, -0.2) is 17.8 Å². The van der Waals surface area contributed by atoms with Gasteiger partial charge in [0.25, 0.3) is 0 Å². The van der Waals surface area contributed by atoms with E-state index in [0.29, 0.717) is 21.0 Å². The van der Waals surface area contributed by atoms with Crippen molar-refractivity contribution in [3.8, 4) is 10.4 Å². The number of nitrogens with one attached hydrogen (secondary N) is 2. The Labute approximate surface area is 186 Å². The van der Waals surface area contributed by atoms with Gasteiger partial charge in [-0.05, 0) is 42.0 Å². The van der Waals surface area contributed by atoms with Gasteiger partial charge in [0.15, 0.2) is 0 Å².